The third-order valence-corrected chi connectivity index (χ3v) is 3.92. The van der Waals surface area contributed by atoms with Gasteiger partial charge in [-0.15, -0.1) is 0 Å². The van der Waals surface area contributed by atoms with Gasteiger partial charge in [-0.3, -0.25) is 9.59 Å². The van der Waals surface area contributed by atoms with Gasteiger partial charge in [-0.2, -0.15) is 5.10 Å². The fraction of sp³-hybridized carbons (Fsp3) is 0.0526. The highest BCUT2D eigenvalue weighted by molar-refractivity contribution is 6.32. The second kappa shape index (κ2) is 8.37. The lowest BCUT2D eigenvalue weighted by molar-refractivity contribution is -0.120. The molecule has 3 aromatic rings. The van der Waals surface area contributed by atoms with E-state index in [-0.39, 0.29) is 17.3 Å². The van der Waals surface area contributed by atoms with Crippen LogP contribution in [-0.4, -0.2) is 29.6 Å². The lowest BCUT2D eigenvalue weighted by atomic mass is 10.2. The van der Waals surface area contributed by atoms with Gasteiger partial charge in [-0.1, -0.05) is 29.8 Å². The zero-order valence-corrected chi connectivity index (χ0v) is 14.7. The topological polar surface area (TPSA) is 83.5 Å². The first-order chi connectivity index (χ1) is 13.0. The second-order valence-electron chi connectivity index (χ2n) is 5.54. The first kappa shape index (κ1) is 18.5. The average molecular weight is 385 g/mol. The summed E-state index contributed by atoms with van der Waals surface area (Å²) in [7, 11) is 0. The summed E-state index contributed by atoms with van der Waals surface area (Å²) < 4.78 is 12.8. The first-order valence-corrected chi connectivity index (χ1v) is 8.32. The highest BCUT2D eigenvalue weighted by Gasteiger charge is 2.08. The minimum atomic E-state index is -0.522. The number of rotatable bonds is 5. The second-order valence-corrected chi connectivity index (χ2v) is 5.90. The number of pyridine rings is 1. The molecule has 0 bridgehead atoms. The van der Waals surface area contributed by atoms with Crippen LogP contribution in [0.4, 0.5) is 4.39 Å². The highest BCUT2D eigenvalue weighted by atomic mass is 35.5. The highest BCUT2D eigenvalue weighted by Crippen LogP contribution is 2.18. The molecule has 27 heavy (non-hydrogen) atoms. The van der Waals surface area contributed by atoms with Crippen molar-refractivity contribution in [2.75, 3.05) is 6.54 Å². The number of nitrogens with zero attached hydrogens (tertiary/aromatic N) is 2. The van der Waals surface area contributed by atoms with Gasteiger partial charge in [0.05, 0.1) is 18.3 Å². The molecule has 0 aliphatic heterocycles. The first-order valence-electron chi connectivity index (χ1n) is 7.94. The van der Waals surface area contributed by atoms with Crippen LogP contribution in [0.5, 0.6) is 0 Å². The Bertz CT molecular complexity index is 1020. The minimum absolute atomic E-state index is 0.252. The van der Waals surface area contributed by atoms with Crippen molar-refractivity contribution in [1.29, 1.82) is 0 Å². The molecule has 0 aliphatic rings. The van der Waals surface area contributed by atoms with Crippen molar-refractivity contribution in [3.8, 4) is 0 Å². The number of hydrogen-bond acceptors (Lipinski definition) is 4. The molecule has 8 heteroatoms. The van der Waals surface area contributed by atoms with Crippen molar-refractivity contribution in [3.63, 3.8) is 0 Å². The van der Waals surface area contributed by atoms with Gasteiger partial charge in [-0.25, -0.2) is 14.8 Å². The summed E-state index contributed by atoms with van der Waals surface area (Å²) in [5.41, 5.74) is 3.85. The summed E-state index contributed by atoms with van der Waals surface area (Å²) in [6.07, 6.45) is 1.38. The summed E-state index contributed by atoms with van der Waals surface area (Å²) in [6, 6.07) is 14.3. The Morgan fingerprint density at radius 1 is 1.15 bits per heavy atom. The predicted molar refractivity (Wildman–Crippen MR) is 101 cm³/mol. The number of nitrogens with one attached hydrogen (secondary N) is 2. The number of carbonyl (C=O) groups is 2. The smallest absolute Gasteiger partial charge is 0.259 e. The van der Waals surface area contributed by atoms with Gasteiger partial charge >= 0.3 is 0 Å². The summed E-state index contributed by atoms with van der Waals surface area (Å²) >= 11 is 6.10. The van der Waals surface area contributed by atoms with Crippen LogP contribution in [0.1, 0.15) is 15.9 Å². The molecule has 1 aromatic heterocycles. The third-order valence-electron chi connectivity index (χ3n) is 3.61. The SMILES string of the molecule is O=C(CNC(=O)c1ccc(F)cc1)N/N=C\c1cc2ccccc2nc1Cl. The number of hydrazone groups is 1. The molecule has 0 atom stereocenters. The minimum Gasteiger partial charge on any atom is -0.343 e. The predicted octanol–water partition coefficient (Wildman–Crippen LogP) is 2.91. The standard InChI is InChI=1S/C19H14ClFN4O2/c20-18-14(9-13-3-1-2-4-16(13)24-18)10-23-25-17(26)11-22-19(27)12-5-7-15(21)8-6-12/h1-10H,11H2,(H,22,27)(H,25,26)/b23-10-. The number of para-hydroxylation sites is 1. The summed E-state index contributed by atoms with van der Waals surface area (Å²) in [4.78, 5) is 27.9. The maximum Gasteiger partial charge on any atom is 0.259 e. The Balaban J connectivity index is 1.55. The van der Waals surface area contributed by atoms with Gasteiger partial charge in [0.1, 0.15) is 11.0 Å². The van der Waals surface area contributed by atoms with Crippen molar-refractivity contribution in [1.82, 2.24) is 15.7 Å². The van der Waals surface area contributed by atoms with E-state index in [1.807, 2.05) is 24.3 Å². The molecule has 0 unspecified atom stereocenters. The molecule has 0 aliphatic carbocycles. The Morgan fingerprint density at radius 3 is 2.67 bits per heavy atom. The normalized spacial score (nSPS) is 10.9. The molecule has 0 fully saturated rings. The molecular formula is C19H14ClFN4O2. The molecule has 3 rings (SSSR count). The van der Waals surface area contributed by atoms with E-state index in [4.69, 9.17) is 11.6 Å². The van der Waals surface area contributed by atoms with Gasteiger partial charge in [0.2, 0.25) is 0 Å². The maximum atomic E-state index is 12.8. The summed E-state index contributed by atoms with van der Waals surface area (Å²) in [6.45, 7) is -0.281. The van der Waals surface area contributed by atoms with Crippen LogP contribution in [-0.2, 0) is 4.79 Å². The molecule has 2 amide bonds. The number of benzene rings is 2. The zero-order valence-electron chi connectivity index (χ0n) is 13.9. The average Bonchev–Trinajstić information content (AvgIpc) is 2.67. The molecule has 136 valence electrons. The van der Waals surface area contributed by atoms with Gasteiger partial charge < -0.3 is 5.32 Å². The van der Waals surface area contributed by atoms with Crippen LogP contribution in [0, 0.1) is 5.82 Å². The monoisotopic (exact) mass is 384 g/mol. The fourth-order valence-corrected chi connectivity index (χ4v) is 2.47. The van der Waals surface area contributed by atoms with E-state index in [0.717, 1.165) is 10.9 Å². The Hall–Kier alpha value is -3.32. The number of amides is 2. The fourth-order valence-electron chi connectivity index (χ4n) is 2.28. The van der Waals surface area contributed by atoms with E-state index in [2.05, 4.69) is 20.8 Å². The van der Waals surface area contributed by atoms with Gasteiger partial charge in [0, 0.05) is 16.5 Å². The van der Waals surface area contributed by atoms with Crippen LogP contribution in [0.15, 0.2) is 59.7 Å². The molecule has 0 saturated carbocycles. The van der Waals surface area contributed by atoms with Crippen LogP contribution in [0.3, 0.4) is 0 Å². The Labute approximate surface area is 159 Å². The number of aromatic nitrogens is 1. The van der Waals surface area contributed by atoms with Crippen molar-refractivity contribution < 1.29 is 14.0 Å². The zero-order chi connectivity index (χ0) is 19.2. The number of hydrogen-bond donors (Lipinski definition) is 2. The third kappa shape index (κ3) is 4.86. The molecule has 2 aromatic carbocycles. The largest absolute Gasteiger partial charge is 0.343 e. The van der Waals surface area contributed by atoms with Gasteiger partial charge in [0.25, 0.3) is 11.8 Å². The summed E-state index contributed by atoms with van der Waals surface area (Å²) in [5.74, 6) is -1.46. The van der Waals surface area contributed by atoms with Crippen LogP contribution in [0.25, 0.3) is 10.9 Å². The maximum absolute atomic E-state index is 12.8. The molecule has 0 radical (unpaired) electrons. The van der Waals surface area contributed by atoms with E-state index < -0.39 is 17.6 Å². The van der Waals surface area contributed by atoms with Crippen molar-refractivity contribution in [3.05, 3.63) is 76.7 Å². The van der Waals surface area contributed by atoms with Crippen LogP contribution < -0.4 is 10.7 Å². The van der Waals surface area contributed by atoms with Gasteiger partial charge in [0.15, 0.2) is 0 Å². The molecule has 2 N–H and O–H groups in total. The molecule has 1 heterocycles. The molecule has 0 saturated heterocycles. The lowest BCUT2D eigenvalue weighted by Crippen LogP contribution is -2.34. The van der Waals surface area contributed by atoms with E-state index in [9.17, 15) is 14.0 Å². The van der Waals surface area contributed by atoms with E-state index in [1.54, 1.807) is 6.07 Å². The van der Waals surface area contributed by atoms with E-state index >= 15 is 0 Å². The Morgan fingerprint density at radius 2 is 1.89 bits per heavy atom. The number of fused-ring (bicyclic) bond motifs is 1. The molecule has 6 nitrogen and oxygen atoms in total. The number of carbonyl (C=O) groups excluding carboxylic acids is 2. The van der Waals surface area contributed by atoms with Crippen LogP contribution in [0.2, 0.25) is 5.15 Å². The van der Waals surface area contributed by atoms with Crippen molar-refractivity contribution in [2.24, 2.45) is 5.10 Å². The van der Waals surface area contributed by atoms with Crippen LogP contribution >= 0.6 is 11.6 Å². The molecular weight excluding hydrogens is 371 g/mol. The lowest BCUT2D eigenvalue weighted by Gasteiger charge is -2.04. The van der Waals surface area contributed by atoms with E-state index in [1.165, 1.54) is 30.5 Å². The van der Waals surface area contributed by atoms with Crippen molar-refractivity contribution >= 4 is 40.5 Å². The number of halogens is 2. The quantitative estimate of drug-likeness (QED) is 0.403. The van der Waals surface area contributed by atoms with E-state index in [0.29, 0.717) is 5.56 Å². The van der Waals surface area contributed by atoms with Gasteiger partial charge in [-0.05, 0) is 36.4 Å². The summed E-state index contributed by atoms with van der Waals surface area (Å²) in [5, 5.41) is 7.39. The molecule has 0 spiro atoms. The Kier molecular flexibility index (Phi) is 5.73. The van der Waals surface area contributed by atoms with Crippen molar-refractivity contribution in [2.45, 2.75) is 0 Å².